The fraction of sp³-hybridized carbons (Fsp3) is 0.824. The van der Waals surface area contributed by atoms with Crippen LogP contribution in [-0.4, -0.2) is 59.2 Å². The summed E-state index contributed by atoms with van der Waals surface area (Å²) < 4.78 is 13.2. The van der Waals surface area contributed by atoms with E-state index >= 15 is 0 Å². The van der Waals surface area contributed by atoms with Gasteiger partial charge < -0.3 is 24.7 Å². The number of hydrogen-bond donors (Lipinski definition) is 2. The zero-order valence-corrected chi connectivity index (χ0v) is 18.7. The Bertz CT molecular complexity index is 557. The van der Waals surface area contributed by atoms with Crippen molar-refractivity contribution in [2.75, 3.05) is 32.9 Å². The minimum Gasteiger partial charge on any atom is -0.382 e. The smallest absolute Gasteiger partial charge is 0.191 e. The van der Waals surface area contributed by atoms with Crippen LogP contribution >= 0.6 is 24.0 Å². The number of aryl methyl sites for hydroxylation is 1. The summed E-state index contributed by atoms with van der Waals surface area (Å²) in [6.07, 6.45) is 3.12. The van der Waals surface area contributed by atoms with Crippen molar-refractivity contribution in [1.82, 2.24) is 25.4 Å². The van der Waals surface area contributed by atoms with Crippen LogP contribution in [0.4, 0.5) is 0 Å². The first kappa shape index (κ1) is 23.1. The van der Waals surface area contributed by atoms with E-state index in [1.807, 2.05) is 25.5 Å². The first-order valence-corrected chi connectivity index (χ1v) is 9.13. The first-order valence-electron chi connectivity index (χ1n) is 9.13. The highest BCUT2D eigenvalue weighted by Crippen LogP contribution is 2.23. The van der Waals surface area contributed by atoms with Crippen molar-refractivity contribution in [2.45, 2.75) is 52.2 Å². The largest absolute Gasteiger partial charge is 0.382 e. The molecule has 1 fully saturated rings. The molecular weight excluding hydrogens is 447 g/mol. The molecule has 1 aliphatic rings. The molecule has 0 bridgehead atoms. The minimum atomic E-state index is -0.116. The van der Waals surface area contributed by atoms with E-state index in [0.29, 0.717) is 6.54 Å². The van der Waals surface area contributed by atoms with Crippen LogP contribution in [0.25, 0.3) is 0 Å². The molecule has 9 heteroatoms. The van der Waals surface area contributed by atoms with Crippen LogP contribution in [-0.2, 0) is 23.1 Å². The normalized spacial score (nSPS) is 20.1. The maximum absolute atomic E-state index is 5.84. The predicted octanol–water partition coefficient (Wildman–Crippen LogP) is 1.77. The monoisotopic (exact) mass is 480 g/mol. The Morgan fingerprint density at radius 1 is 1.38 bits per heavy atom. The molecule has 0 aromatic carbocycles. The van der Waals surface area contributed by atoms with Crippen LogP contribution in [0.5, 0.6) is 0 Å². The second-order valence-electron chi connectivity index (χ2n) is 6.62. The second kappa shape index (κ2) is 11.7. The average Bonchev–Trinajstić information content (AvgIpc) is 3.17. The first-order chi connectivity index (χ1) is 12.0. The van der Waals surface area contributed by atoms with Gasteiger partial charge >= 0.3 is 0 Å². The zero-order chi connectivity index (χ0) is 18.1. The highest BCUT2D eigenvalue weighted by atomic mass is 127. The lowest BCUT2D eigenvalue weighted by Gasteiger charge is -2.24. The Morgan fingerprint density at radius 3 is 2.81 bits per heavy atom. The van der Waals surface area contributed by atoms with Gasteiger partial charge in [-0.15, -0.1) is 34.2 Å². The van der Waals surface area contributed by atoms with Gasteiger partial charge in [0.2, 0.25) is 0 Å². The van der Waals surface area contributed by atoms with Crippen LogP contribution in [0.2, 0.25) is 0 Å². The molecule has 1 atom stereocenters. The summed E-state index contributed by atoms with van der Waals surface area (Å²) in [6, 6.07) is 0. The molecule has 8 nitrogen and oxygen atoms in total. The topological polar surface area (TPSA) is 85.6 Å². The third-order valence-corrected chi connectivity index (χ3v) is 4.45. The summed E-state index contributed by atoms with van der Waals surface area (Å²) in [5.41, 5.74) is -0.116. The minimum absolute atomic E-state index is 0. The molecule has 150 valence electrons. The Kier molecular flexibility index (Phi) is 10.4. The van der Waals surface area contributed by atoms with Gasteiger partial charge in [0, 0.05) is 40.0 Å². The molecule has 0 amide bonds. The number of guanidine groups is 1. The standard InChI is InChI=1S/C17H32N6O2.HI/c1-5-24-10-7-9-18-16(20-13-17(3)8-6-11-25-17)19-12-15-22-21-14(2)23(15)4;/h5-13H2,1-4H3,(H2,18,19,20);1H. The molecule has 1 unspecified atom stereocenters. The van der Waals surface area contributed by atoms with Crippen LogP contribution < -0.4 is 10.6 Å². The van der Waals surface area contributed by atoms with Crippen LogP contribution in [0, 0.1) is 6.92 Å². The van der Waals surface area contributed by atoms with Crippen LogP contribution in [0.15, 0.2) is 4.99 Å². The second-order valence-corrected chi connectivity index (χ2v) is 6.62. The quantitative estimate of drug-likeness (QED) is 0.243. The van der Waals surface area contributed by atoms with Crippen LogP contribution in [0.3, 0.4) is 0 Å². The maximum Gasteiger partial charge on any atom is 0.191 e. The number of aliphatic imine (C=N–C) groups is 1. The van der Waals surface area contributed by atoms with E-state index in [9.17, 15) is 0 Å². The van der Waals surface area contributed by atoms with Gasteiger partial charge in [0.25, 0.3) is 0 Å². The number of halogens is 1. The maximum atomic E-state index is 5.84. The van der Waals surface area contributed by atoms with Gasteiger partial charge in [0.15, 0.2) is 11.8 Å². The molecule has 0 radical (unpaired) electrons. The lowest BCUT2D eigenvalue weighted by Crippen LogP contribution is -2.46. The number of nitrogens with zero attached hydrogens (tertiary/aromatic N) is 4. The van der Waals surface area contributed by atoms with E-state index in [4.69, 9.17) is 9.47 Å². The summed E-state index contributed by atoms with van der Waals surface area (Å²) in [5, 5.41) is 15.0. The highest BCUT2D eigenvalue weighted by Gasteiger charge is 2.29. The van der Waals surface area contributed by atoms with Gasteiger partial charge in [-0.05, 0) is 40.0 Å². The highest BCUT2D eigenvalue weighted by molar-refractivity contribution is 14.0. The fourth-order valence-electron chi connectivity index (χ4n) is 2.69. The van der Waals surface area contributed by atoms with Crippen molar-refractivity contribution in [2.24, 2.45) is 12.0 Å². The number of aromatic nitrogens is 3. The van der Waals surface area contributed by atoms with E-state index < -0.39 is 0 Å². The molecular formula is C17H33IN6O2. The zero-order valence-electron chi connectivity index (χ0n) is 16.4. The van der Waals surface area contributed by atoms with Crippen molar-refractivity contribution < 1.29 is 9.47 Å². The summed E-state index contributed by atoms with van der Waals surface area (Å²) in [7, 11) is 1.95. The SMILES string of the molecule is CCOCCCNC(=NCc1nnc(C)n1C)NCC1(C)CCCO1.I. The van der Waals surface area contributed by atoms with Gasteiger partial charge in [-0.25, -0.2) is 4.99 Å². The molecule has 26 heavy (non-hydrogen) atoms. The number of ether oxygens (including phenoxy) is 2. The fourth-order valence-corrected chi connectivity index (χ4v) is 2.69. The summed E-state index contributed by atoms with van der Waals surface area (Å²) in [4.78, 5) is 4.65. The lowest BCUT2D eigenvalue weighted by molar-refractivity contribution is 0.0242. The molecule has 1 saturated heterocycles. The molecule has 1 aliphatic heterocycles. The predicted molar refractivity (Wildman–Crippen MR) is 113 cm³/mol. The molecule has 0 aliphatic carbocycles. The number of hydrogen-bond acceptors (Lipinski definition) is 5. The molecule has 1 aromatic heterocycles. The average molecular weight is 480 g/mol. The van der Waals surface area contributed by atoms with Crippen molar-refractivity contribution in [3.05, 3.63) is 11.6 Å². The Hall–Kier alpha value is -0.940. The molecule has 1 aromatic rings. The van der Waals surface area contributed by atoms with Crippen molar-refractivity contribution in [3.8, 4) is 0 Å². The lowest BCUT2D eigenvalue weighted by atomic mass is 10.0. The number of rotatable bonds is 9. The third kappa shape index (κ3) is 7.36. The van der Waals surface area contributed by atoms with Crippen molar-refractivity contribution in [3.63, 3.8) is 0 Å². The van der Waals surface area contributed by atoms with Crippen molar-refractivity contribution in [1.29, 1.82) is 0 Å². The van der Waals surface area contributed by atoms with Gasteiger partial charge in [-0.2, -0.15) is 0 Å². The molecule has 2 rings (SSSR count). The van der Waals surface area contributed by atoms with E-state index in [2.05, 4.69) is 32.7 Å². The van der Waals surface area contributed by atoms with E-state index in [1.165, 1.54) is 0 Å². The summed E-state index contributed by atoms with van der Waals surface area (Å²) >= 11 is 0. The van der Waals surface area contributed by atoms with E-state index in [1.54, 1.807) is 0 Å². The van der Waals surface area contributed by atoms with E-state index in [0.717, 1.165) is 69.8 Å². The Morgan fingerprint density at radius 2 is 2.19 bits per heavy atom. The molecule has 0 saturated carbocycles. The summed E-state index contributed by atoms with van der Waals surface area (Å²) in [6.45, 7) is 10.5. The number of nitrogens with one attached hydrogen (secondary N) is 2. The molecule has 2 heterocycles. The van der Waals surface area contributed by atoms with Gasteiger partial charge in [0.1, 0.15) is 12.4 Å². The van der Waals surface area contributed by atoms with Crippen molar-refractivity contribution >= 4 is 29.9 Å². The third-order valence-electron chi connectivity index (χ3n) is 4.45. The molecule has 0 spiro atoms. The Labute approximate surface area is 173 Å². The van der Waals surface area contributed by atoms with E-state index in [-0.39, 0.29) is 29.6 Å². The Balaban J connectivity index is 0.00000338. The van der Waals surface area contributed by atoms with Gasteiger partial charge in [-0.3, -0.25) is 0 Å². The summed E-state index contributed by atoms with van der Waals surface area (Å²) in [5.74, 6) is 2.50. The van der Waals surface area contributed by atoms with Gasteiger partial charge in [0.05, 0.1) is 5.60 Å². The molecule has 2 N–H and O–H groups in total. The van der Waals surface area contributed by atoms with Gasteiger partial charge in [-0.1, -0.05) is 0 Å². The van der Waals surface area contributed by atoms with Crippen LogP contribution in [0.1, 0.15) is 44.8 Å².